The molecule has 0 spiro atoms. The normalized spacial score (nSPS) is 52.4. The minimum atomic E-state index is -1.11. The molecule has 0 heterocycles. The van der Waals surface area contributed by atoms with Crippen LogP contribution in [0, 0.1) is 35.0 Å². The van der Waals surface area contributed by atoms with Crippen molar-refractivity contribution in [3.63, 3.8) is 0 Å². The van der Waals surface area contributed by atoms with Crippen molar-refractivity contribution in [1.82, 2.24) is 0 Å². The maximum Gasteiger partial charge on any atom is 0.155 e. The van der Waals surface area contributed by atoms with Crippen molar-refractivity contribution >= 4 is 5.78 Å². The maximum absolute atomic E-state index is 13.6. The van der Waals surface area contributed by atoms with Crippen LogP contribution in [0.4, 0.5) is 4.39 Å². The van der Waals surface area contributed by atoms with Gasteiger partial charge in [-0.3, -0.25) is 4.79 Å². The van der Waals surface area contributed by atoms with E-state index in [1.165, 1.54) is 5.57 Å². The average molecular weight is 319 g/mol. The lowest BCUT2D eigenvalue weighted by molar-refractivity contribution is -0.135. The molecule has 3 saturated carbocycles. The summed E-state index contributed by atoms with van der Waals surface area (Å²) in [5, 5.41) is 10.9. The van der Waals surface area contributed by atoms with Gasteiger partial charge in [0.2, 0.25) is 0 Å². The van der Waals surface area contributed by atoms with Crippen LogP contribution in [-0.4, -0.2) is 23.2 Å². The monoisotopic (exact) mass is 319 g/mol. The zero-order valence-corrected chi connectivity index (χ0v) is 14.4. The van der Waals surface area contributed by atoms with E-state index in [0.717, 1.165) is 32.1 Å². The lowest BCUT2D eigenvalue weighted by Crippen LogP contribution is -2.55. The first-order valence-electron chi connectivity index (χ1n) is 9.41. The molecule has 3 heteroatoms. The number of rotatable bonds is 1. The van der Waals surface area contributed by atoms with Crippen molar-refractivity contribution in [2.45, 2.75) is 64.4 Å². The highest BCUT2D eigenvalue weighted by Crippen LogP contribution is 2.65. The molecule has 0 aromatic carbocycles. The molecule has 4 aliphatic carbocycles. The van der Waals surface area contributed by atoms with Crippen molar-refractivity contribution in [2.75, 3.05) is 6.67 Å². The molecule has 3 fully saturated rings. The van der Waals surface area contributed by atoms with Crippen LogP contribution in [0.25, 0.3) is 0 Å². The predicted molar refractivity (Wildman–Crippen MR) is 87.6 cm³/mol. The molecule has 0 aliphatic heterocycles. The minimum absolute atomic E-state index is 0.261. The van der Waals surface area contributed by atoms with E-state index in [1.54, 1.807) is 0 Å². The van der Waals surface area contributed by atoms with Crippen LogP contribution >= 0.6 is 0 Å². The summed E-state index contributed by atoms with van der Waals surface area (Å²) in [7, 11) is 0. The Kier molecular flexibility index (Phi) is 3.54. The van der Waals surface area contributed by atoms with Crippen LogP contribution in [0.15, 0.2) is 11.6 Å². The lowest BCUT2D eigenvalue weighted by Gasteiger charge is -2.57. The molecular formula is C20H29FO2. The van der Waals surface area contributed by atoms with E-state index in [1.807, 2.05) is 6.08 Å². The molecule has 0 amide bonds. The summed E-state index contributed by atoms with van der Waals surface area (Å²) in [5.74, 6) is 3.08. The molecular weight excluding hydrogens is 290 g/mol. The highest BCUT2D eigenvalue weighted by atomic mass is 18.2. The number of hydrogen-bond donors (Lipinski definition) is 1. The quantitative estimate of drug-likeness (QED) is 0.791. The number of hydrogen-bond acceptors (Lipinski definition) is 2. The number of halogens is 1. The van der Waals surface area contributed by atoms with Gasteiger partial charge in [-0.25, -0.2) is 4.39 Å². The molecule has 23 heavy (non-hydrogen) atoms. The molecule has 4 rings (SSSR count). The third kappa shape index (κ3) is 2.04. The van der Waals surface area contributed by atoms with Gasteiger partial charge in [-0.05, 0) is 74.2 Å². The number of fused-ring (bicyclic) bond motifs is 5. The van der Waals surface area contributed by atoms with Crippen molar-refractivity contribution < 1.29 is 14.3 Å². The van der Waals surface area contributed by atoms with Crippen molar-refractivity contribution in [1.29, 1.82) is 0 Å². The SMILES string of the molecule is C[C@@H]1CC2=CC(=O)CC[C@@H]2C2CC[C@@]3(C)C(CC[C@@]3(O)C[18F])C21. The summed E-state index contributed by atoms with van der Waals surface area (Å²) in [6.45, 7) is 3.85. The zero-order valence-electron chi connectivity index (χ0n) is 14.4. The summed E-state index contributed by atoms with van der Waals surface area (Å²) in [6.07, 6.45) is 8.26. The van der Waals surface area contributed by atoms with E-state index in [2.05, 4.69) is 13.8 Å². The van der Waals surface area contributed by atoms with Gasteiger partial charge < -0.3 is 5.11 Å². The highest BCUT2D eigenvalue weighted by molar-refractivity contribution is 5.91. The summed E-state index contributed by atoms with van der Waals surface area (Å²) in [5.41, 5.74) is 0.0153. The van der Waals surface area contributed by atoms with Crippen LogP contribution < -0.4 is 0 Å². The molecule has 0 saturated heterocycles. The Morgan fingerprint density at radius 2 is 2.09 bits per heavy atom. The molecule has 7 atom stereocenters. The molecule has 0 bridgehead atoms. The maximum atomic E-state index is 13.6. The second-order valence-electron chi connectivity index (χ2n) is 9.02. The van der Waals surface area contributed by atoms with Gasteiger partial charge in [0, 0.05) is 11.8 Å². The summed E-state index contributed by atoms with van der Waals surface area (Å²) in [6, 6.07) is 0. The zero-order chi connectivity index (χ0) is 16.4. The van der Waals surface area contributed by atoms with Gasteiger partial charge in [0.1, 0.15) is 6.67 Å². The largest absolute Gasteiger partial charge is 0.387 e. The molecule has 1 N–H and O–H groups in total. The van der Waals surface area contributed by atoms with E-state index >= 15 is 0 Å². The predicted octanol–water partition coefficient (Wildman–Crippen LogP) is 4.07. The summed E-state index contributed by atoms with van der Waals surface area (Å²) >= 11 is 0. The van der Waals surface area contributed by atoms with Crippen LogP contribution in [0.3, 0.4) is 0 Å². The Morgan fingerprint density at radius 3 is 2.83 bits per heavy atom. The average Bonchev–Trinajstić information content (AvgIpc) is 2.79. The second-order valence-corrected chi connectivity index (χ2v) is 9.02. The van der Waals surface area contributed by atoms with Crippen molar-refractivity contribution in [2.24, 2.45) is 35.0 Å². The number of carbonyl (C=O) groups excluding carboxylic acids is 1. The first-order valence-corrected chi connectivity index (χ1v) is 9.41. The smallest absolute Gasteiger partial charge is 0.155 e. The number of carbonyl (C=O) groups is 1. The fraction of sp³-hybridized carbons (Fsp3) is 0.850. The standard InChI is InChI=1S/C20H29FO2/c1-12-9-13-10-14(22)3-4-15(13)16-5-7-19(2)17(18(12)16)6-8-20(19,23)11-21/h10,12,15-18,23H,3-9,11H2,1-2H3/t12-,15+,16?,17?,18?,19+,20-/m1/s1/i21-1. The first kappa shape index (κ1) is 15.8. The Hall–Kier alpha value is -0.700. The minimum Gasteiger partial charge on any atom is -0.387 e. The highest BCUT2D eigenvalue weighted by Gasteiger charge is 2.63. The number of aliphatic hydroxyl groups is 1. The molecule has 0 aromatic rings. The Balaban J connectivity index is 1.68. The first-order chi connectivity index (χ1) is 10.9. The van der Waals surface area contributed by atoms with E-state index in [4.69, 9.17) is 0 Å². The summed E-state index contributed by atoms with van der Waals surface area (Å²) < 4.78 is 13.6. The molecule has 0 radical (unpaired) electrons. The van der Waals surface area contributed by atoms with Gasteiger partial charge in [0.25, 0.3) is 0 Å². The fourth-order valence-electron chi connectivity index (χ4n) is 6.92. The van der Waals surface area contributed by atoms with E-state index in [9.17, 15) is 14.3 Å². The molecule has 4 aliphatic rings. The van der Waals surface area contributed by atoms with Gasteiger partial charge in [-0.15, -0.1) is 0 Å². The molecule has 128 valence electrons. The van der Waals surface area contributed by atoms with E-state index in [-0.39, 0.29) is 5.41 Å². The van der Waals surface area contributed by atoms with Gasteiger partial charge in [0.15, 0.2) is 5.78 Å². The number of alkyl halides is 1. The Labute approximate surface area is 138 Å². The fourth-order valence-corrected chi connectivity index (χ4v) is 6.92. The Bertz CT molecular complexity index is 556. The third-order valence-electron chi connectivity index (χ3n) is 8.18. The summed E-state index contributed by atoms with van der Waals surface area (Å²) in [4.78, 5) is 11.8. The van der Waals surface area contributed by atoms with E-state index in [0.29, 0.717) is 48.2 Å². The molecule has 2 nitrogen and oxygen atoms in total. The molecule has 3 unspecified atom stereocenters. The number of ketones is 1. The van der Waals surface area contributed by atoms with Gasteiger partial charge >= 0.3 is 0 Å². The van der Waals surface area contributed by atoms with Crippen LogP contribution in [0.5, 0.6) is 0 Å². The van der Waals surface area contributed by atoms with Gasteiger partial charge in [0.05, 0.1) is 5.60 Å². The second kappa shape index (κ2) is 5.15. The van der Waals surface area contributed by atoms with Crippen LogP contribution in [0.1, 0.15) is 58.8 Å². The molecule has 0 aromatic heterocycles. The van der Waals surface area contributed by atoms with Crippen LogP contribution in [-0.2, 0) is 4.79 Å². The Morgan fingerprint density at radius 1 is 1.30 bits per heavy atom. The van der Waals surface area contributed by atoms with Crippen molar-refractivity contribution in [3.8, 4) is 0 Å². The lowest BCUT2D eigenvalue weighted by atomic mass is 9.48. The van der Waals surface area contributed by atoms with Crippen LogP contribution in [0.2, 0.25) is 0 Å². The van der Waals surface area contributed by atoms with Gasteiger partial charge in [-0.2, -0.15) is 0 Å². The van der Waals surface area contributed by atoms with Crippen molar-refractivity contribution in [3.05, 3.63) is 11.6 Å². The van der Waals surface area contributed by atoms with Gasteiger partial charge in [-0.1, -0.05) is 19.4 Å². The third-order valence-corrected chi connectivity index (χ3v) is 8.18. The van der Waals surface area contributed by atoms with E-state index < -0.39 is 12.3 Å². The number of allylic oxidation sites excluding steroid dienone is 1. The topological polar surface area (TPSA) is 37.3 Å².